The SMILES string of the molecule is CCCCc1noc(N)c1-c1ccc(OC)cc1. The van der Waals surface area contributed by atoms with Crippen molar-refractivity contribution in [2.45, 2.75) is 26.2 Å². The number of methoxy groups -OCH3 is 1. The molecule has 1 aromatic carbocycles. The molecule has 2 rings (SSSR count). The topological polar surface area (TPSA) is 61.3 Å². The summed E-state index contributed by atoms with van der Waals surface area (Å²) in [5.74, 6) is 1.20. The molecule has 0 radical (unpaired) electrons. The van der Waals surface area contributed by atoms with E-state index in [1.54, 1.807) is 7.11 Å². The molecule has 96 valence electrons. The normalized spacial score (nSPS) is 10.6. The number of aromatic nitrogens is 1. The second-order valence-corrected chi connectivity index (χ2v) is 4.20. The molecule has 1 aromatic heterocycles. The van der Waals surface area contributed by atoms with Crippen LogP contribution < -0.4 is 10.5 Å². The average Bonchev–Trinajstić information content (AvgIpc) is 2.77. The number of rotatable bonds is 5. The number of nitrogens with two attached hydrogens (primary N) is 1. The molecule has 0 saturated heterocycles. The Morgan fingerprint density at radius 3 is 2.61 bits per heavy atom. The number of nitrogens with zero attached hydrogens (tertiary/aromatic N) is 1. The number of unbranched alkanes of at least 4 members (excludes halogenated alkanes) is 1. The first-order chi connectivity index (χ1) is 8.76. The third-order valence-electron chi connectivity index (χ3n) is 2.93. The largest absolute Gasteiger partial charge is 0.497 e. The van der Waals surface area contributed by atoms with Crippen molar-refractivity contribution < 1.29 is 9.26 Å². The Balaban J connectivity index is 2.32. The van der Waals surface area contributed by atoms with Crippen LogP contribution in [0.1, 0.15) is 25.5 Å². The first-order valence-corrected chi connectivity index (χ1v) is 6.14. The van der Waals surface area contributed by atoms with Gasteiger partial charge in [0.2, 0.25) is 5.88 Å². The van der Waals surface area contributed by atoms with Crippen molar-refractivity contribution in [3.8, 4) is 16.9 Å². The minimum absolute atomic E-state index is 0.381. The highest BCUT2D eigenvalue weighted by Crippen LogP contribution is 2.31. The van der Waals surface area contributed by atoms with Crippen molar-refractivity contribution in [3.05, 3.63) is 30.0 Å². The summed E-state index contributed by atoms with van der Waals surface area (Å²) in [6.45, 7) is 2.15. The first kappa shape index (κ1) is 12.5. The van der Waals surface area contributed by atoms with Gasteiger partial charge in [-0.3, -0.25) is 0 Å². The predicted molar refractivity (Wildman–Crippen MR) is 71.5 cm³/mol. The van der Waals surface area contributed by atoms with Gasteiger partial charge in [-0.05, 0) is 30.5 Å². The molecule has 0 aliphatic carbocycles. The highest BCUT2D eigenvalue weighted by Gasteiger charge is 2.15. The minimum atomic E-state index is 0.381. The van der Waals surface area contributed by atoms with E-state index >= 15 is 0 Å². The second kappa shape index (κ2) is 5.58. The lowest BCUT2D eigenvalue weighted by Gasteiger charge is -2.04. The van der Waals surface area contributed by atoms with E-state index in [0.717, 1.165) is 41.8 Å². The van der Waals surface area contributed by atoms with Gasteiger partial charge in [0.1, 0.15) is 5.75 Å². The summed E-state index contributed by atoms with van der Waals surface area (Å²) in [6, 6.07) is 7.76. The monoisotopic (exact) mass is 246 g/mol. The van der Waals surface area contributed by atoms with Crippen molar-refractivity contribution in [3.63, 3.8) is 0 Å². The van der Waals surface area contributed by atoms with Crippen LogP contribution in [-0.2, 0) is 6.42 Å². The molecule has 0 saturated carbocycles. The van der Waals surface area contributed by atoms with Crippen LogP contribution in [0.15, 0.2) is 28.8 Å². The van der Waals surface area contributed by atoms with Gasteiger partial charge in [-0.15, -0.1) is 0 Å². The van der Waals surface area contributed by atoms with Gasteiger partial charge in [-0.25, -0.2) is 0 Å². The van der Waals surface area contributed by atoms with E-state index in [1.165, 1.54) is 0 Å². The fraction of sp³-hybridized carbons (Fsp3) is 0.357. The van der Waals surface area contributed by atoms with E-state index in [9.17, 15) is 0 Å². The molecule has 4 heteroatoms. The highest BCUT2D eigenvalue weighted by molar-refractivity contribution is 5.75. The summed E-state index contributed by atoms with van der Waals surface area (Å²) in [6.07, 6.45) is 3.09. The van der Waals surface area contributed by atoms with Crippen LogP contribution in [0, 0.1) is 0 Å². The Kier molecular flexibility index (Phi) is 3.87. The van der Waals surface area contributed by atoms with Gasteiger partial charge in [-0.2, -0.15) is 0 Å². The molecule has 0 bridgehead atoms. The van der Waals surface area contributed by atoms with Crippen molar-refractivity contribution in [1.82, 2.24) is 5.16 Å². The zero-order valence-corrected chi connectivity index (χ0v) is 10.8. The molecule has 0 aliphatic heterocycles. The van der Waals surface area contributed by atoms with Crippen LogP contribution in [-0.4, -0.2) is 12.3 Å². The number of anilines is 1. The molecule has 0 atom stereocenters. The van der Waals surface area contributed by atoms with Crippen LogP contribution in [0.25, 0.3) is 11.1 Å². The van der Waals surface area contributed by atoms with E-state index in [2.05, 4.69) is 12.1 Å². The van der Waals surface area contributed by atoms with Crippen LogP contribution >= 0.6 is 0 Å². The minimum Gasteiger partial charge on any atom is -0.497 e. The molecule has 0 fully saturated rings. The molecule has 1 heterocycles. The van der Waals surface area contributed by atoms with Gasteiger partial charge in [0, 0.05) is 0 Å². The molecule has 0 spiro atoms. The van der Waals surface area contributed by atoms with Gasteiger partial charge in [0.25, 0.3) is 0 Å². The number of aryl methyl sites for hydroxylation is 1. The first-order valence-electron chi connectivity index (χ1n) is 6.14. The predicted octanol–water partition coefficient (Wildman–Crippen LogP) is 3.28. The summed E-state index contributed by atoms with van der Waals surface area (Å²) in [5, 5.41) is 4.04. The average molecular weight is 246 g/mol. The van der Waals surface area contributed by atoms with Crippen LogP contribution in [0.4, 0.5) is 5.88 Å². The van der Waals surface area contributed by atoms with Gasteiger partial charge in [0.05, 0.1) is 18.4 Å². The number of nitrogen functional groups attached to an aromatic ring is 1. The zero-order valence-electron chi connectivity index (χ0n) is 10.8. The summed E-state index contributed by atoms with van der Waals surface area (Å²) in [5.41, 5.74) is 8.71. The Labute approximate surface area is 107 Å². The van der Waals surface area contributed by atoms with E-state index in [0.29, 0.717) is 5.88 Å². The maximum Gasteiger partial charge on any atom is 0.230 e. The number of hydrogen-bond acceptors (Lipinski definition) is 4. The third kappa shape index (κ3) is 2.47. The fourth-order valence-corrected chi connectivity index (χ4v) is 1.92. The van der Waals surface area contributed by atoms with Gasteiger partial charge in [0.15, 0.2) is 0 Å². The quantitative estimate of drug-likeness (QED) is 0.879. The molecule has 0 unspecified atom stereocenters. The Morgan fingerprint density at radius 2 is 2.00 bits per heavy atom. The van der Waals surface area contributed by atoms with E-state index in [4.69, 9.17) is 15.0 Å². The van der Waals surface area contributed by atoms with Crippen LogP contribution in [0.3, 0.4) is 0 Å². The standard InChI is InChI=1S/C14H18N2O2/c1-3-4-5-12-13(14(15)18-16-12)10-6-8-11(17-2)9-7-10/h6-9H,3-5,15H2,1-2H3. The number of ether oxygens (including phenoxy) is 1. The molecule has 0 amide bonds. The lowest BCUT2D eigenvalue weighted by Crippen LogP contribution is -1.91. The molecule has 2 aromatic rings. The lowest BCUT2D eigenvalue weighted by atomic mass is 10.0. The molecule has 0 aliphatic rings. The van der Waals surface area contributed by atoms with Gasteiger partial charge < -0.3 is 15.0 Å². The van der Waals surface area contributed by atoms with Gasteiger partial charge in [-0.1, -0.05) is 30.6 Å². The Bertz CT molecular complexity index is 503. The molecular weight excluding hydrogens is 228 g/mol. The highest BCUT2D eigenvalue weighted by atomic mass is 16.5. The second-order valence-electron chi connectivity index (χ2n) is 4.20. The smallest absolute Gasteiger partial charge is 0.230 e. The summed E-state index contributed by atoms with van der Waals surface area (Å²) >= 11 is 0. The maximum atomic E-state index is 5.86. The van der Waals surface area contributed by atoms with Crippen molar-refractivity contribution in [2.75, 3.05) is 12.8 Å². The van der Waals surface area contributed by atoms with Crippen molar-refractivity contribution in [1.29, 1.82) is 0 Å². The molecular formula is C14H18N2O2. The number of benzene rings is 1. The summed E-state index contributed by atoms with van der Waals surface area (Å²) in [4.78, 5) is 0. The Hall–Kier alpha value is -1.97. The van der Waals surface area contributed by atoms with Crippen molar-refractivity contribution >= 4 is 5.88 Å². The molecule has 4 nitrogen and oxygen atoms in total. The van der Waals surface area contributed by atoms with Crippen LogP contribution in [0.5, 0.6) is 5.75 Å². The molecule has 18 heavy (non-hydrogen) atoms. The molecule has 2 N–H and O–H groups in total. The van der Waals surface area contributed by atoms with Crippen molar-refractivity contribution in [2.24, 2.45) is 0 Å². The number of hydrogen-bond donors (Lipinski definition) is 1. The fourth-order valence-electron chi connectivity index (χ4n) is 1.92. The summed E-state index contributed by atoms with van der Waals surface area (Å²) < 4.78 is 10.2. The Morgan fingerprint density at radius 1 is 1.28 bits per heavy atom. The third-order valence-corrected chi connectivity index (χ3v) is 2.93. The zero-order chi connectivity index (χ0) is 13.0. The van der Waals surface area contributed by atoms with Crippen LogP contribution in [0.2, 0.25) is 0 Å². The lowest BCUT2D eigenvalue weighted by molar-refractivity contribution is 0.415. The van der Waals surface area contributed by atoms with Gasteiger partial charge >= 0.3 is 0 Å². The van der Waals surface area contributed by atoms with E-state index in [1.807, 2.05) is 24.3 Å². The van der Waals surface area contributed by atoms with E-state index in [-0.39, 0.29) is 0 Å². The maximum absolute atomic E-state index is 5.86. The van der Waals surface area contributed by atoms with E-state index < -0.39 is 0 Å². The summed E-state index contributed by atoms with van der Waals surface area (Å²) in [7, 11) is 1.65.